The zero-order valence-corrected chi connectivity index (χ0v) is 9.43. The molecule has 0 amide bonds. The molecule has 0 N–H and O–H groups in total. The minimum Gasteiger partial charge on any atom is -0.460 e. The first-order valence-corrected chi connectivity index (χ1v) is 5.42. The van der Waals surface area contributed by atoms with Gasteiger partial charge in [0.25, 0.3) is 0 Å². The Morgan fingerprint density at radius 1 is 1.35 bits per heavy atom. The van der Waals surface area contributed by atoms with Crippen molar-refractivity contribution in [3.05, 3.63) is 46.3 Å². The minimum atomic E-state index is -0.602. The minimum absolute atomic E-state index is 0.0536. The number of benzene rings is 1. The van der Waals surface area contributed by atoms with Crippen molar-refractivity contribution in [2.24, 2.45) is 0 Å². The number of rotatable bonds is 3. The van der Waals surface area contributed by atoms with Gasteiger partial charge in [0.15, 0.2) is 5.43 Å². The van der Waals surface area contributed by atoms with Crippen LogP contribution in [0.1, 0.15) is 23.9 Å². The third-order valence-electron chi connectivity index (χ3n) is 2.27. The van der Waals surface area contributed by atoms with Crippen molar-refractivity contribution in [1.29, 1.82) is 0 Å². The summed E-state index contributed by atoms with van der Waals surface area (Å²) in [5.41, 5.74) is 0.152. The molecule has 1 heterocycles. The van der Waals surface area contributed by atoms with Crippen LogP contribution in [0.2, 0.25) is 0 Å². The van der Waals surface area contributed by atoms with Crippen LogP contribution in [0.3, 0.4) is 0 Å². The normalized spacial score (nSPS) is 10.4. The van der Waals surface area contributed by atoms with Gasteiger partial charge >= 0.3 is 5.97 Å². The van der Waals surface area contributed by atoms with E-state index in [0.29, 0.717) is 17.6 Å². The number of carbonyl (C=O) groups excluding carboxylic acids is 1. The summed E-state index contributed by atoms with van der Waals surface area (Å²) < 4.78 is 10.2. The molecule has 0 saturated carbocycles. The molecule has 0 unspecified atom stereocenters. The SMILES string of the molecule is CCCOC(=O)c1cc(=O)c2ccccc2o1. The second-order valence-electron chi connectivity index (χ2n) is 3.61. The molecule has 0 atom stereocenters. The van der Waals surface area contributed by atoms with E-state index in [1.54, 1.807) is 24.3 Å². The Kier molecular flexibility index (Phi) is 3.23. The Labute approximate surface area is 97.8 Å². The highest BCUT2D eigenvalue weighted by molar-refractivity contribution is 5.88. The molecule has 0 fully saturated rings. The molecular formula is C13H12O4. The molecule has 2 rings (SSSR count). The Balaban J connectivity index is 2.43. The van der Waals surface area contributed by atoms with Gasteiger partial charge in [-0.15, -0.1) is 0 Å². The molecular weight excluding hydrogens is 220 g/mol. The summed E-state index contributed by atoms with van der Waals surface area (Å²) in [6.45, 7) is 2.21. The monoisotopic (exact) mass is 232 g/mol. The van der Waals surface area contributed by atoms with Gasteiger partial charge in [0.2, 0.25) is 5.76 Å². The molecule has 4 heteroatoms. The van der Waals surface area contributed by atoms with E-state index in [1.807, 2.05) is 6.92 Å². The maximum atomic E-state index is 11.7. The summed E-state index contributed by atoms with van der Waals surface area (Å²) >= 11 is 0. The predicted octanol–water partition coefficient (Wildman–Crippen LogP) is 2.36. The first-order valence-electron chi connectivity index (χ1n) is 5.42. The Hall–Kier alpha value is -2.10. The van der Waals surface area contributed by atoms with E-state index >= 15 is 0 Å². The van der Waals surface area contributed by atoms with Crippen LogP contribution in [0.15, 0.2) is 39.5 Å². The summed E-state index contributed by atoms with van der Waals surface area (Å²) in [5, 5.41) is 0.458. The third kappa shape index (κ3) is 2.36. The van der Waals surface area contributed by atoms with E-state index in [1.165, 1.54) is 6.07 Å². The number of fused-ring (bicyclic) bond motifs is 1. The summed E-state index contributed by atoms with van der Waals surface area (Å²) in [7, 11) is 0. The number of hydrogen-bond donors (Lipinski definition) is 0. The molecule has 0 aliphatic rings. The summed E-state index contributed by atoms with van der Waals surface area (Å²) in [4.78, 5) is 23.3. The lowest BCUT2D eigenvalue weighted by molar-refractivity contribution is 0.0469. The fraction of sp³-hybridized carbons (Fsp3) is 0.231. The fourth-order valence-electron chi connectivity index (χ4n) is 1.47. The van der Waals surface area contributed by atoms with E-state index in [4.69, 9.17) is 9.15 Å². The smallest absolute Gasteiger partial charge is 0.374 e. The van der Waals surface area contributed by atoms with Crippen LogP contribution in [0.25, 0.3) is 11.0 Å². The van der Waals surface area contributed by atoms with Crippen LogP contribution in [0, 0.1) is 0 Å². The van der Waals surface area contributed by atoms with Gasteiger partial charge in [0.1, 0.15) is 5.58 Å². The summed E-state index contributed by atoms with van der Waals surface area (Å²) in [6.07, 6.45) is 0.726. The van der Waals surface area contributed by atoms with E-state index in [-0.39, 0.29) is 11.2 Å². The van der Waals surface area contributed by atoms with Gasteiger partial charge in [-0.3, -0.25) is 4.79 Å². The molecule has 1 aromatic heterocycles. The van der Waals surface area contributed by atoms with Crippen molar-refractivity contribution in [3.63, 3.8) is 0 Å². The van der Waals surface area contributed by atoms with E-state index in [2.05, 4.69) is 0 Å². The van der Waals surface area contributed by atoms with Crippen LogP contribution in [0.5, 0.6) is 0 Å². The molecule has 0 radical (unpaired) electrons. The fourth-order valence-corrected chi connectivity index (χ4v) is 1.47. The Morgan fingerprint density at radius 3 is 2.88 bits per heavy atom. The lowest BCUT2D eigenvalue weighted by atomic mass is 10.2. The second kappa shape index (κ2) is 4.82. The standard InChI is InChI=1S/C13H12O4/c1-2-7-16-13(15)12-8-10(14)9-5-3-4-6-11(9)17-12/h3-6,8H,2,7H2,1H3. The molecule has 1 aromatic carbocycles. The lowest BCUT2D eigenvalue weighted by Gasteiger charge is -2.03. The van der Waals surface area contributed by atoms with Crippen molar-refractivity contribution >= 4 is 16.9 Å². The van der Waals surface area contributed by atoms with E-state index in [9.17, 15) is 9.59 Å². The van der Waals surface area contributed by atoms with Crippen LogP contribution >= 0.6 is 0 Å². The molecule has 0 spiro atoms. The van der Waals surface area contributed by atoms with Gasteiger partial charge in [0.05, 0.1) is 12.0 Å². The van der Waals surface area contributed by atoms with Gasteiger partial charge in [0, 0.05) is 6.07 Å². The van der Waals surface area contributed by atoms with Crippen molar-refractivity contribution in [3.8, 4) is 0 Å². The van der Waals surface area contributed by atoms with Gasteiger partial charge in [-0.1, -0.05) is 19.1 Å². The largest absolute Gasteiger partial charge is 0.460 e. The predicted molar refractivity (Wildman–Crippen MR) is 63.1 cm³/mol. The van der Waals surface area contributed by atoms with Gasteiger partial charge in [-0.25, -0.2) is 4.79 Å². The van der Waals surface area contributed by atoms with Crippen molar-refractivity contribution < 1.29 is 13.9 Å². The molecule has 0 aliphatic carbocycles. The van der Waals surface area contributed by atoms with Crippen LogP contribution in [0.4, 0.5) is 0 Å². The molecule has 4 nitrogen and oxygen atoms in total. The quantitative estimate of drug-likeness (QED) is 0.762. The van der Waals surface area contributed by atoms with E-state index in [0.717, 1.165) is 6.42 Å². The summed E-state index contributed by atoms with van der Waals surface area (Å²) in [6, 6.07) is 7.96. The molecule has 17 heavy (non-hydrogen) atoms. The van der Waals surface area contributed by atoms with Gasteiger partial charge in [-0.2, -0.15) is 0 Å². The van der Waals surface area contributed by atoms with Crippen molar-refractivity contribution in [2.75, 3.05) is 6.61 Å². The first kappa shape index (κ1) is 11.4. The summed E-state index contributed by atoms with van der Waals surface area (Å²) in [5.74, 6) is -0.656. The molecule has 2 aromatic rings. The zero-order valence-electron chi connectivity index (χ0n) is 9.43. The maximum absolute atomic E-state index is 11.7. The highest BCUT2D eigenvalue weighted by Gasteiger charge is 2.12. The molecule has 0 saturated heterocycles. The van der Waals surface area contributed by atoms with Crippen molar-refractivity contribution in [2.45, 2.75) is 13.3 Å². The average Bonchev–Trinajstić information content (AvgIpc) is 2.36. The Bertz CT molecular complexity index is 598. The van der Waals surface area contributed by atoms with Gasteiger partial charge < -0.3 is 9.15 Å². The van der Waals surface area contributed by atoms with Gasteiger partial charge in [-0.05, 0) is 18.6 Å². The number of esters is 1. The first-order chi connectivity index (χ1) is 8.22. The highest BCUT2D eigenvalue weighted by Crippen LogP contribution is 2.12. The second-order valence-corrected chi connectivity index (χ2v) is 3.61. The molecule has 88 valence electrons. The maximum Gasteiger partial charge on any atom is 0.374 e. The average molecular weight is 232 g/mol. The topological polar surface area (TPSA) is 56.5 Å². The van der Waals surface area contributed by atoms with Crippen molar-refractivity contribution in [1.82, 2.24) is 0 Å². The number of ether oxygens (including phenoxy) is 1. The van der Waals surface area contributed by atoms with Crippen LogP contribution in [-0.4, -0.2) is 12.6 Å². The third-order valence-corrected chi connectivity index (χ3v) is 2.27. The van der Waals surface area contributed by atoms with Crippen LogP contribution in [-0.2, 0) is 4.74 Å². The van der Waals surface area contributed by atoms with E-state index < -0.39 is 5.97 Å². The van der Waals surface area contributed by atoms with Crippen LogP contribution < -0.4 is 5.43 Å². The molecule has 0 aliphatic heterocycles. The molecule has 0 bridgehead atoms. The highest BCUT2D eigenvalue weighted by atomic mass is 16.5. The Morgan fingerprint density at radius 2 is 2.12 bits per heavy atom. The number of hydrogen-bond acceptors (Lipinski definition) is 4. The lowest BCUT2D eigenvalue weighted by Crippen LogP contribution is -2.10. The number of carbonyl (C=O) groups is 1. The number of para-hydroxylation sites is 1. The zero-order chi connectivity index (χ0) is 12.3.